The second-order valence-corrected chi connectivity index (χ2v) is 12.3. The maximum absolute atomic E-state index is 13.5. The van der Waals surface area contributed by atoms with Crippen LogP contribution in [0.1, 0.15) is 78.1 Å². The van der Waals surface area contributed by atoms with E-state index in [0.29, 0.717) is 22.9 Å². The first-order chi connectivity index (χ1) is 16.3. The van der Waals surface area contributed by atoms with E-state index in [4.69, 9.17) is 0 Å². The Morgan fingerprint density at radius 3 is 2.68 bits per heavy atom. The fourth-order valence-electron chi connectivity index (χ4n) is 9.07. The van der Waals surface area contributed by atoms with Crippen LogP contribution in [0, 0.1) is 46.7 Å². The monoisotopic (exact) mass is 467 g/mol. The molecular formula is C28H38FN3O2. The molecule has 184 valence electrons. The number of aliphatic hydroxyl groups is 1. The van der Waals surface area contributed by atoms with E-state index in [1.807, 2.05) is 0 Å². The van der Waals surface area contributed by atoms with Gasteiger partial charge < -0.3 is 5.11 Å². The highest BCUT2D eigenvalue weighted by molar-refractivity contribution is 5.82. The van der Waals surface area contributed by atoms with Gasteiger partial charge in [0.15, 0.2) is 5.78 Å². The Bertz CT molecular complexity index is 1100. The molecule has 1 aromatic carbocycles. The molecule has 4 aliphatic rings. The van der Waals surface area contributed by atoms with Crippen LogP contribution >= 0.6 is 0 Å². The Labute approximate surface area is 201 Å². The number of benzene rings is 1. The molecule has 1 heterocycles. The zero-order chi connectivity index (χ0) is 23.7. The molecule has 0 aliphatic heterocycles. The molecule has 0 unspecified atom stereocenters. The molecule has 0 bridgehead atoms. The summed E-state index contributed by atoms with van der Waals surface area (Å²) >= 11 is 0. The number of fused-ring (bicyclic) bond motifs is 6. The van der Waals surface area contributed by atoms with Crippen LogP contribution in [0.5, 0.6) is 0 Å². The number of nitrogens with zero attached hydrogens (tertiary/aromatic N) is 3. The number of ketones is 1. The molecule has 0 amide bonds. The highest BCUT2D eigenvalue weighted by Gasteiger charge is 2.58. The average molecular weight is 468 g/mol. The number of hydrogen-bond donors (Lipinski definition) is 1. The maximum atomic E-state index is 13.5. The second-order valence-electron chi connectivity index (χ2n) is 12.3. The van der Waals surface area contributed by atoms with Crippen LogP contribution in [0.15, 0.2) is 18.2 Å². The molecule has 34 heavy (non-hydrogen) atoms. The minimum atomic E-state index is -0.431. The summed E-state index contributed by atoms with van der Waals surface area (Å²) in [6, 6.07) is 4.38. The fourth-order valence-corrected chi connectivity index (χ4v) is 9.07. The smallest absolute Gasteiger partial charge is 0.159 e. The molecule has 0 radical (unpaired) electrons. The molecule has 4 aliphatic carbocycles. The van der Waals surface area contributed by atoms with E-state index >= 15 is 0 Å². The van der Waals surface area contributed by atoms with Gasteiger partial charge in [-0.2, -0.15) is 15.0 Å². The maximum Gasteiger partial charge on any atom is 0.159 e. The largest absolute Gasteiger partial charge is 0.390 e. The Morgan fingerprint density at radius 1 is 1.06 bits per heavy atom. The predicted octanol–water partition coefficient (Wildman–Crippen LogP) is 5.55. The first kappa shape index (κ1) is 22.6. The van der Waals surface area contributed by atoms with Gasteiger partial charge in [-0.05, 0) is 111 Å². The standard InChI is InChI=1S/C28H38FN3O2/c1-3-28(34)13-11-19-17(15-28)4-6-21-20(19)10-12-27(2)22(21)7-8-23(27)26(33)16-32-30-24-9-5-18(29)14-25(24)31-32/h5,9,14,17,19-23,34H,3-4,6-8,10-13,15-16H2,1-2H3/t17-,19+,20-,21-,22+,23-,27+,28-/m1/s1. The summed E-state index contributed by atoms with van der Waals surface area (Å²) in [5.74, 6) is 3.58. The van der Waals surface area contributed by atoms with Gasteiger partial charge in [0.25, 0.3) is 0 Å². The normalized spacial score (nSPS) is 41.6. The lowest BCUT2D eigenvalue weighted by Crippen LogP contribution is -2.51. The number of carbonyl (C=O) groups is 1. The van der Waals surface area contributed by atoms with Crippen molar-refractivity contribution in [3.8, 4) is 0 Å². The van der Waals surface area contributed by atoms with Crippen molar-refractivity contribution >= 4 is 16.8 Å². The van der Waals surface area contributed by atoms with Crippen molar-refractivity contribution in [3.63, 3.8) is 0 Å². The third-order valence-electron chi connectivity index (χ3n) is 10.8. The van der Waals surface area contributed by atoms with Crippen molar-refractivity contribution in [3.05, 3.63) is 24.0 Å². The Morgan fingerprint density at radius 2 is 1.85 bits per heavy atom. The molecule has 6 heteroatoms. The third-order valence-corrected chi connectivity index (χ3v) is 10.8. The molecule has 5 nitrogen and oxygen atoms in total. The minimum absolute atomic E-state index is 0.0681. The van der Waals surface area contributed by atoms with Crippen LogP contribution in [0.25, 0.3) is 11.0 Å². The molecule has 4 saturated carbocycles. The number of hydrogen-bond acceptors (Lipinski definition) is 4. The molecule has 8 atom stereocenters. The average Bonchev–Trinajstić information content (AvgIpc) is 3.38. The summed E-state index contributed by atoms with van der Waals surface area (Å²) in [5, 5.41) is 19.7. The summed E-state index contributed by atoms with van der Waals surface area (Å²) in [7, 11) is 0. The van der Waals surface area contributed by atoms with E-state index in [1.165, 1.54) is 42.6 Å². The highest BCUT2D eigenvalue weighted by Crippen LogP contribution is 2.64. The topological polar surface area (TPSA) is 68.0 Å². The fraction of sp³-hybridized carbons (Fsp3) is 0.750. The number of halogens is 1. The van der Waals surface area contributed by atoms with Gasteiger partial charge in [-0.15, -0.1) is 0 Å². The van der Waals surface area contributed by atoms with Crippen LogP contribution in [0.4, 0.5) is 4.39 Å². The molecular weight excluding hydrogens is 429 g/mol. The first-order valence-corrected chi connectivity index (χ1v) is 13.6. The predicted molar refractivity (Wildman–Crippen MR) is 128 cm³/mol. The molecule has 2 aromatic rings. The van der Waals surface area contributed by atoms with Crippen molar-refractivity contribution < 1.29 is 14.3 Å². The molecule has 1 aromatic heterocycles. The van der Waals surface area contributed by atoms with Crippen LogP contribution in [-0.2, 0) is 11.3 Å². The quantitative estimate of drug-likeness (QED) is 0.640. The summed E-state index contributed by atoms with van der Waals surface area (Å²) in [6.07, 6.45) is 11.0. The number of carbonyl (C=O) groups excluding carboxylic acids is 1. The van der Waals surface area contributed by atoms with Gasteiger partial charge >= 0.3 is 0 Å². The Hall–Kier alpha value is -1.82. The molecule has 0 spiro atoms. The van der Waals surface area contributed by atoms with E-state index in [9.17, 15) is 14.3 Å². The van der Waals surface area contributed by atoms with Crippen molar-refractivity contribution in [2.45, 2.75) is 90.2 Å². The summed E-state index contributed by atoms with van der Waals surface area (Å²) in [5.41, 5.74) is 0.773. The zero-order valence-corrected chi connectivity index (χ0v) is 20.5. The van der Waals surface area contributed by atoms with Crippen molar-refractivity contribution in [1.82, 2.24) is 15.0 Å². The van der Waals surface area contributed by atoms with Crippen molar-refractivity contribution in [2.24, 2.45) is 40.9 Å². The van der Waals surface area contributed by atoms with Crippen LogP contribution in [0.3, 0.4) is 0 Å². The SMILES string of the molecule is CC[C@@]1(O)CC[C@H]2[C@H](CC[C@@H]3[C@@H]2CC[C@]2(C)[C@@H](C(=O)Cn4nc5ccc(F)cc5n4)CC[C@@H]32)C1. The van der Waals surface area contributed by atoms with Gasteiger partial charge in [0.2, 0.25) is 0 Å². The summed E-state index contributed by atoms with van der Waals surface area (Å²) in [6.45, 7) is 4.69. The zero-order valence-electron chi connectivity index (χ0n) is 20.5. The first-order valence-electron chi connectivity index (χ1n) is 13.6. The van der Waals surface area contributed by atoms with Crippen molar-refractivity contribution in [2.75, 3.05) is 0 Å². The molecule has 1 N–H and O–H groups in total. The van der Waals surface area contributed by atoms with Gasteiger partial charge in [-0.3, -0.25) is 4.79 Å². The van der Waals surface area contributed by atoms with Crippen molar-refractivity contribution in [1.29, 1.82) is 0 Å². The van der Waals surface area contributed by atoms with Crippen LogP contribution in [0.2, 0.25) is 0 Å². The number of aromatic nitrogens is 3. The van der Waals surface area contributed by atoms with Gasteiger partial charge in [0, 0.05) is 12.0 Å². The Kier molecular flexibility index (Phi) is 5.40. The van der Waals surface area contributed by atoms with Gasteiger partial charge in [0.1, 0.15) is 23.4 Å². The molecule has 4 fully saturated rings. The summed E-state index contributed by atoms with van der Waals surface area (Å²) in [4.78, 5) is 15.0. The van der Waals surface area contributed by atoms with E-state index < -0.39 is 5.60 Å². The molecule has 0 saturated heterocycles. The lowest BCUT2D eigenvalue weighted by molar-refractivity contribution is -0.133. The van der Waals surface area contributed by atoms with E-state index in [2.05, 4.69) is 24.0 Å². The minimum Gasteiger partial charge on any atom is -0.390 e. The highest BCUT2D eigenvalue weighted by atomic mass is 19.1. The second kappa shape index (κ2) is 8.11. The Balaban J connectivity index is 1.17. The van der Waals surface area contributed by atoms with Crippen LogP contribution < -0.4 is 0 Å². The van der Waals surface area contributed by atoms with E-state index in [-0.39, 0.29) is 29.5 Å². The van der Waals surface area contributed by atoms with Crippen LogP contribution in [-0.4, -0.2) is 31.5 Å². The third kappa shape index (κ3) is 3.54. The lowest BCUT2D eigenvalue weighted by atomic mass is 9.48. The number of Topliss-reactive ketones (excluding diaryl/α,β-unsaturated/α-hetero) is 1. The number of rotatable bonds is 4. The molecule has 6 rings (SSSR count). The van der Waals surface area contributed by atoms with Gasteiger partial charge in [0.05, 0.1) is 5.60 Å². The van der Waals surface area contributed by atoms with Gasteiger partial charge in [-0.1, -0.05) is 13.8 Å². The van der Waals surface area contributed by atoms with E-state index in [0.717, 1.165) is 56.3 Å². The summed E-state index contributed by atoms with van der Waals surface area (Å²) < 4.78 is 13.5. The lowest BCUT2D eigenvalue weighted by Gasteiger charge is -2.57. The van der Waals surface area contributed by atoms with E-state index in [1.54, 1.807) is 6.07 Å². The van der Waals surface area contributed by atoms with Gasteiger partial charge in [-0.25, -0.2) is 4.39 Å².